The van der Waals surface area contributed by atoms with Crippen LogP contribution in [0.1, 0.15) is 60.4 Å². The summed E-state index contributed by atoms with van der Waals surface area (Å²) in [4.78, 5) is 12.3. The fraction of sp³-hybridized carbons (Fsp3) is 0.611. The summed E-state index contributed by atoms with van der Waals surface area (Å²) in [7, 11) is 0. The molecule has 120 valence electrons. The minimum absolute atomic E-state index is 0.137. The van der Waals surface area contributed by atoms with Crippen LogP contribution in [0.3, 0.4) is 0 Å². The van der Waals surface area contributed by atoms with Crippen LogP contribution in [0.2, 0.25) is 0 Å². The van der Waals surface area contributed by atoms with E-state index < -0.39 is 0 Å². The second kappa shape index (κ2) is 7.23. The maximum Gasteiger partial charge on any atom is 0.251 e. The second-order valence-electron chi connectivity index (χ2n) is 6.66. The summed E-state index contributed by atoms with van der Waals surface area (Å²) in [6, 6.07) is 4.82. The number of piperidine rings is 1. The van der Waals surface area contributed by atoms with Crippen LogP contribution in [0.15, 0.2) is 18.2 Å². The maximum absolute atomic E-state index is 13.9. The van der Waals surface area contributed by atoms with Crippen LogP contribution in [-0.4, -0.2) is 25.5 Å². The van der Waals surface area contributed by atoms with Crippen LogP contribution in [0.25, 0.3) is 0 Å². The molecule has 2 aliphatic rings. The first-order valence-corrected chi connectivity index (χ1v) is 8.52. The van der Waals surface area contributed by atoms with Crippen molar-refractivity contribution in [2.24, 2.45) is 5.92 Å². The van der Waals surface area contributed by atoms with E-state index >= 15 is 0 Å². The van der Waals surface area contributed by atoms with Gasteiger partial charge in [0.25, 0.3) is 5.91 Å². The monoisotopic (exact) mass is 304 g/mol. The number of hydrogen-bond acceptors (Lipinski definition) is 2. The number of halogens is 1. The van der Waals surface area contributed by atoms with Crippen molar-refractivity contribution < 1.29 is 9.18 Å². The van der Waals surface area contributed by atoms with Gasteiger partial charge in [-0.15, -0.1) is 0 Å². The Labute approximate surface area is 131 Å². The summed E-state index contributed by atoms with van der Waals surface area (Å²) in [6.45, 7) is 2.65. The molecule has 2 N–H and O–H groups in total. The highest BCUT2D eigenvalue weighted by atomic mass is 19.1. The van der Waals surface area contributed by atoms with E-state index in [0.717, 1.165) is 38.0 Å². The van der Waals surface area contributed by atoms with Crippen LogP contribution in [0, 0.1) is 11.7 Å². The molecule has 1 aromatic carbocycles. The Morgan fingerprint density at radius 2 is 1.86 bits per heavy atom. The molecule has 3 rings (SSSR count). The molecule has 2 fully saturated rings. The van der Waals surface area contributed by atoms with Crippen LogP contribution in [-0.2, 0) is 0 Å². The number of rotatable bonds is 4. The lowest BCUT2D eigenvalue weighted by molar-refractivity contribution is 0.0947. The fourth-order valence-corrected chi connectivity index (χ4v) is 3.69. The van der Waals surface area contributed by atoms with Crippen LogP contribution < -0.4 is 10.6 Å². The van der Waals surface area contributed by atoms with Crippen LogP contribution in [0.4, 0.5) is 4.39 Å². The highest BCUT2D eigenvalue weighted by Gasteiger charge is 2.19. The molecule has 22 heavy (non-hydrogen) atoms. The third-order valence-electron chi connectivity index (χ3n) is 5.02. The quantitative estimate of drug-likeness (QED) is 0.897. The van der Waals surface area contributed by atoms with Gasteiger partial charge in [0.15, 0.2) is 0 Å². The van der Waals surface area contributed by atoms with E-state index in [0.29, 0.717) is 17.4 Å². The molecule has 1 aliphatic carbocycles. The number of carbonyl (C=O) groups is 1. The van der Waals surface area contributed by atoms with Crippen molar-refractivity contribution >= 4 is 5.91 Å². The van der Waals surface area contributed by atoms with Crippen molar-refractivity contribution in [2.75, 3.05) is 19.6 Å². The van der Waals surface area contributed by atoms with Gasteiger partial charge in [-0.2, -0.15) is 0 Å². The van der Waals surface area contributed by atoms with Crippen molar-refractivity contribution in [3.05, 3.63) is 35.1 Å². The lowest BCUT2D eigenvalue weighted by Gasteiger charge is -2.23. The molecule has 1 heterocycles. The summed E-state index contributed by atoms with van der Waals surface area (Å²) in [6.07, 6.45) is 6.94. The minimum Gasteiger partial charge on any atom is -0.352 e. The molecular formula is C18H25FN2O. The molecule has 0 aromatic heterocycles. The Morgan fingerprint density at radius 3 is 2.59 bits per heavy atom. The average molecular weight is 304 g/mol. The molecule has 1 aliphatic heterocycles. The molecule has 1 saturated carbocycles. The summed E-state index contributed by atoms with van der Waals surface area (Å²) < 4.78 is 13.9. The van der Waals surface area contributed by atoms with Gasteiger partial charge in [0.1, 0.15) is 5.82 Å². The van der Waals surface area contributed by atoms with Gasteiger partial charge in [-0.3, -0.25) is 4.79 Å². The third-order valence-corrected chi connectivity index (χ3v) is 5.02. The molecule has 1 amide bonds. The Kier molecular flexibility index (Phi) is 5.08. The summed E-state index contributed by atoms with van der Waals surface area (Å²) in [5.41, 5.74) is 1.43. The van der Waals surface area contributed by atoms with E-state index in [-0.39, 0.29) is 11.7 Å². The summed E-state index contributed by atoms with van der Waals surface area (Å²) in [5, 5.41) is 6.30. The lowest BCUT2D eigenvalue weighted by Crippen LogP contribution is -2.29. The van der Waals surface area contributed by atoms with Gasteiger partial charge in [0.05, 0.1) is 0 Å². The predicted octanol–water partition coefficient (Wildman–Crippen LogP) is 3.21. The van der Waals surface area contributed by atoms with Crippen LogP contribution in [0.5, 0.6) is 0 Å². The molecule has 0 radical (unpaired) electrons. The molecule has 4 heteroatoms. The zero-order valence-corrected chi connectivity index (χ0v) is 13.0. The fourth-order valence-electron chi connectivity index (χ4n) is 3.69. The number of benzene rings is 1. The van der Waals surface area contributed by atoms with Crippen molar-refractivity contribution in [1.82, 2.24) is 10.6 Å². The van der Waals surface area contributed by atoms with Crippen LogP contribution >= 0.6 is 0 Å². The highest BCUT2D eigenvalue weighted by molar-refractivity contribution is 5.94. The van der Waals surface area contributed by atoms with Crippen molar-refractivity contribution in [2.45, 2.75) is 44.4 Å². The molecule has 0 bridgehead atoms. The van der Waals surface area contributed by atoms with Gasteiger partial charge >= 0.3 is 0 Å². The van der Waals surface area contributed by atoms with Gasteiger partial charge in [0, 0.05) is 12.1 Å². The average Bonchev–Trinajstić information content (AvgIpc) is 3.06. The van der Waals surface area contributed by atoms with E-state index in [2.05, 4.69) is 10.6 Å². The third kappa shape index (κ3) is 3.86. The number of hydrogen-bond donors (Lipinski definition) is 2. The van der Waals surface area contributed by atoms with E-state index in [1.807, 2.05) is 6.07 Å². The molecule has 0 unspecified atom stereocenters. The van der Waals surface area contributed by atoms with Gasteiger partial charge in [-0.25, -0.2) is 4.39 Å². The molecular weight excluding hydrogens is 279 g/mol. The van der Waals surface area contributed by atoms with Gasteiger partial charge in [0.2, 0.25) is 0 Å². The Morgan fingerprint density at radius 1 is 1.14 bits per heavy atom. The number of nitrogens with one attached hydrogen (secondary N) is 2. The van der Waals surface area contributed by atoms with E-state index in [1.165, 1.54) is 31.7 Å². The smallest absolute Gasteiger partial charge is 0.251 e. The summed E-state index contributed by atoms with van der Waals surface area (Å²) >= 11 is 0. The van der Waals surface area contributed by atoms with Gasteiger partial charge < -0.3 is 10.6 Å². The first-order valence-electron chi connectivity index (χ1n) is 8.52. The molecule has 3 nitrogen and oxygen atoms in total. The standard InChI is InChI=1S/C18H25FN2O/c19-17-10-15(14-5-7-20-8-6-14)9-16(11-17)18(22)21-12-13-3-1-2-4-13/h9-11,13-14,20H,1-8,12H2,(H,21,22). The minimum atomic E-state index is -0.304. The second-order valence-corrected chi connectivity index (χ2v) is 6.66. The number of amides is 1. The summed E-state index contributed by atoms with van der Waals surface area (Å²) in [5.74, 6) is 0.517. The number of carbonyl (C=O) groups excluding carboxylic acids is 1. The first-order chi connectivity index (χ1) is 10.7. The largest absolute Gasteiger partial charge is 0.352 e. The molecule has 0 atom stereocenters. The zero-order chi connectivity index (χ0) is 15.4. The van der Waals surface area contributed by atoms with Crippen molar-refractivity contribution in [3.63, 3.8) is 0 Å². The zero-order valence-electron chi connectivity index (χ0n) is 13.0. The lowest BCUT2D eigenvalue weighted by atomic mass is 9.89. The highest BCUT2D eigenvalue weighted by Crippen LogP contribution is 2.27. The Bertz CT molecular complexity index is 520. The molecule has 1 saturated heterocycles. The van der Waals surface area contributed by atoms with Gasteiger partial charge in [-0.05, 0) is 74.4 Å². The Hall–Kier alpha value is -1.42. The predicted molar refractivity (Wildman–Crippen MR) is 85.5 cm³/mol. The normalized spacial score (nSPS) is 20.2. The topological polar surface area (TPSA) is 41.1 Å². The van der Waals surface area contributed by atoms with E-state index in [4.69, 9.17) is 0 Å². The van der Waals surface area contributed by atoms with E-state index in [9.17, 15) is 9.18 Å². The van der Waals surface area contributed by atoms with Gasteiger partial charge in [-0.1, -0.05) is 12.8 Å². The van der Waals surface area contributed by atoms with Crippen molar-refractivity contribution in [3.8, 4) is 0 Å². The first kappa shape index (κ1) is 15.5. The molecule has 0 spiro atoms. The SMILES string of the molecule is O=C(NCC1CCCC1)c1cc(F)cc(C2CCNCC2)c1. The molecule has 1 aromatic rings. The van der Waals surface area contributed by atoms with E-state index in [1.54, 1.807) is 6.07 Å². The maximum atomic E-state index is 13.9. The van der Waals surface area contributed by atoms with Crippen molar-refractivity contribution in [1.29, 1.82) is 0 Å². The Balaban J connectivity index is 1.66.